The van der Waals surface area contributed by atoms with E-state index in [2.05, 4.69) is 12.2 Å². The lowest BCUT2D eigenvalue weighted by atomic mass is 9.89. The van der Waals surface area contributed by atoms with Gasteiger partial charge in [-0.15, -0.1) is 0 Å². The Labute approximate surface area is 67.1 Å². The third-order valence-corrected chi connectivity index (χ3v) is 1.83. The molecule has 1 aliphatic rings. The predicted molar refractivity (Wildman–Crippen MR) is 42.5 cm³/mol. The summed E-state index contributed by atoms with van der Waals surface area (Å²) in [7, 11) is 0. The molecule has 0 spiro atoms. The van der Waals surface area contributed by atoms with Gasteiger partial charge in [0.1, 0.15) is 5.78 Å². The summed E-state index contributed by atoms with van der Waals surface area (Å²) < 4.78 is 5.07. The highest BCUT2D eigenvalue weighted by atomic mass is 16.5. The van der Waals surface area contributed by atoms with Gasteiger partial charge in [-0.2, -0.15) is 0 Å². The van der Waals surface area contributed by atoms with E-state index in [0.717, 1.165) is 19.8 Å². The van der Waals surface area contributed by atoms with Crippen LogP contribution in [0.3, 0.4) is 0 Å². The van der Waals surface area contributed by atoms with E-state index in [1.165, 1.54) is 0 Å². The van der Waals surface area contributed by atoms with Gasteiger partial charge < -0.3 is 10.1 Å². The zero-order valence-electron chi connectivity index (χ0n) is 7.14. The van der Waals surface area contributed by atoms with Gasteiger partial charge >= 0.3 is 0 Å². The van der Waals surface area contributed by atoms with E-state index in [-0.39, 0.29) is 11.2 Å². The molecule has 0 aliphatic carbocycles. The summed E-state index contributed by atoms with van der Waals surface area (Å²) in [5.74, 6) is 0.189. The van der Waals surface area contributed by atoms with Gasteiger partial charge in [-0.3, -0.25) is 4.79 Å². The molecule has 3 nitrogen and oxygen atoms in total. The Morgan fingerprint density at radius 2 is 2.27 bits per heavy atom. The molecule has 3 heteroatoms. The van der Waals surface area contributed by atoms with Crippen LogP contribution in [0.5, 0.6) is 0 Å². The third-order valence-electron chi connectivity index (χ3n) is 1.83. The molecular formula is C8H15NO2. The number of carbonyl (C=O) groups is 1. The summed E-state index contributed by atoms with van der Waals surface area (Å²) >= 11 is 0. The Bertz CT molecular complexity index is 152. The minimum Gasteiger partial charge on any atom is -0.380 e. The maximum absolute atomic E-state index is 10.5. The number of hydrogen-bond acceptors (Lipinski definition) is 3. The van der Waals surface area contributed by atoms with Gasteiger partial charge in [0, 0.05) is 12.0 Å². The van der Waals surface area contributed by atoms with Crippen molar-refractivity contribution >= 4 is 5.78 Å². The summed E-state index contributed by atoms with van der Waals surface area (Å²) in [6.45, 7) is 6.74. The summed E-state index contributed by atoms with van der Waals surface area (Å²) in [6.07, 6.45) is 0. The summed E-state index contributed by atoms with van der Waals surface area (Å²) in [5, 5.41) is 3.10. The van der Waals surface area contributed by atoms with Gasteiger partial charge in [0.05, 0.1) is 19.8 Å². The van der Waals surface area contributed by atoms with E-state index in [9.17, 15) is 4.79 Å². The molecule has 0 aromatic heterocycles. The Morgan fingerprint density at radius 3 is 2.64 bits per heavy atom. The van der Waals surface area contributed by atoms with E-state index in [4.69, 9.17) is 4.74 Å². The average Bonchev–Trinajstić information content (AvgIpc) is 1.83. The zero-order chi connectivity index (χ0) is 8.32. The lowest BCUT2D eigenvalue weighted by Crippen LogP contribution is -2.48. The van der Waals surface area contributed by atoms with Gasteiger partial charge in [0.15, 0.2) is 0 Å². The first-order valence-electron chi connectivity index (χ1n) is 3.90. The summed E-state index contributed by atoms with van der Waals surface area (Å²) in [5.41, 5.74) is 0.273. The molecule has 0 aromatic rings. The summed E-state index contributed by atoms with van der Waals surface area (Å²) in [4.78, 5) is 10.5. The Morgan fingerprint density at radius 1 is 1.64 bits per heavy atom. The van der Waals surface area contributed by atoms with E-state index in [1.54, 1.807) is 6.92 Å². The fourth-order valence-electron chi connectivity index (χ4n) is 1.09. The maximum Gasteiger partial charge on any atom is 0.143 e. The highest BCUT2D eigenvalue weighted by molar-refractivity contribution is 5.77. The first-order valence-corrected chi connectivity index (χ1v) is 3.90. The molecule has 1 heterocycles. The van der Waals surface area contributed by atoms with Crippen LogP contribution in [-0.2, 0) is 9.53 Å². The molecule has 1 saturated heterocycles. The van der Waals surface area contributed by atoms with Crippen molar-refractivity contribution < 1.29 is 9.53 Å². The highest BCUT2D eigenvalue weighted by Gasteiger charge is 2.32. The number of ketones is 1. The molecule has 0 aromatic carbocycles. The van der Waals surface area contributed by atoms with Gasteiger partial charge in [-0.05, 0) is 6.92 Å². The quantitative estimate of drug-likeness (QED) is 0.633. The van der Waals surface area contributed by atoms with Crippen LogP contribution in [0.2, 0.25) is 0 Å². The number of Topliss-reactive ketones (excluding diaryl/α,β-unsaturated/α-hetero) is 1. The van der Waals surface area contributed by atoms with Crippen LogP contribution in [0.15, 0.2) is 0 Å². The first-order chi connectivity index (χ1) is 5.12. The van der Waals surface area contributed by atoms with Gasteiger partial charge in [0.25, 0.3) is 0 Å². The van der Waals surface area contributed by atoms with Crippen LogP contribution in [0.1, 0.15) is 13.8 Å². The van der Waals surface area contributed by atoms with Crippen LogP contribution >= 0.6 is 0 Å². The van der Waals surface area contributed by atoms with Crippen LogP contribution in [-0.4, -0.2) is 32.1 Å². The lowest BCUT2D eigenvalue weighted by molar-refractivity contribution is -0.117. The molecule has 1 N–H and O–H groups in total. The zero-order valence-corrected chi connectivity index (χ0v) is 7.14. The Hall–Kier alpha value is -0.410. The lowest BCUT2D eigenvalue weighted by Gasteiger charge is -2.38. The van der Waals surface area contributed by atoms with Crippen LogP contribution in [0, 0.1) is 5.41 Å². The molecule has 64 valence electrons. The molecule has 0 radical (unpaired) electrons. The van der Waals surface area contributed by atoms with Crippen molar-refractivity contribution in [1.82, 2.24) is 5.32 Å². The second-order valence-electron chi connectivity index (χ2n) is 3.61. The molecule has 0 unspecified atom stereocenters. The maximum atomic E-state index is 10.5. The fourth-order valence-corrected chi connectivity index (χ4v) is 1.09. The third kappa shape index (κ3) is 2.60. The molecule has 0 bridgehead atoms. The van der Waals surface area contributed by atoms with Crippen LogP contribution < -0.4 is 5.32 Å². The highest BCUT2D eigenvalue weighted by Crippen LogP contribution is 2.24. The minimum atomic E-state index is 0.189. The largest absolute Gasteiger partial charge is 0.380 e. The van der Waals surface area contributed by atoms with E-state index in [1.807, 2.05) is 0 Å². The smallest absolute Gasteiger partial charge is 0.143 e. The standard InChI is InChI=1S/C8H15NO2/c1-7(10)3-9-4-8(2)5-11-6-8/h9H,3-6H2,1-2H3. The average molecular weight is 157 g/mol. The number of rotatable bonds is 4. The van der Waals surface area contributed by atoms with Crippen LogP contribution in [0.4, 0.5) is 0 Å². The Kier molecular flexibility index (Phi) is 2.62. The van der Waals surface area contributed by atoms with Crippen molar-refractivity contribution in [1.29, 1.82) is 0 Å². The summed E-state index contributed by atoms with van der Waals surface area (Å²) in [6, 6.07) is 0. The molecule has 0 saturated carbocycles. The Balaban J connectivity index is 2.07. The van der Waals surface area contributed by atoms with Crippen molar-refractivity contribution in [2.24, 2.45) is 5.41 Å². The van der Waals surface area contributed by atoms with Crippen molar-refractivity contribution in [2.75, 3.05) is 26.3 Å². The van der Waals surface area contributed by atoms with E-state index >= 15 is 0 Å². The molecular weight excluding hydrogens is 142 g/mol. The predicted octanol–water partition coefficient (Wildman–Crippen LogP) is 0.201. The van der Waals surface area contributed by atoms with Gasteiger partial charge in [0.2, 0.25) is 0 Å². The molecule has 0 atom stereocenters. The van der Waals surface area contributed by atoms with Crippen molar-refractivity contribution in [3.05, 3.63) is 0 Å². The van der Waals surface area contributed by atoms with Crippen molar-refractivity contribution in [3.8, 4) is 0 Å². The van der Waals surface area contributed by atoms with E-state index < -0.39 is 0 Å². The SMILES string of the molecule is CC(=O)CNCC1(C)COC1. The molecule has 0 amide bonds. The van der Waals surface area contributed by atoms with E-state index in [0.29, 0.717) is 6.54 Å². The molecule has 1 aliphatic heterocycles. The number of carbonyl (C=O) groups excluding carboxylic acids is 1. The second-order valence-corrected chi connectivity index (χ2v) is 3.61. The monoisotopic (exact) mass is 157 g/mol. The van der Waals surface area contributed by atoms with Crippen molar-refractivity contribution in [3.63, 3.8) is 0 Å². The number of nitrogens with one attached hydrogen (secondary N) is 1. The molecule has 11 heavy (non-hydrogen) atoms. The second kappa shape index (κ2) is 3.32. The number of ether oxygens (including phenoxy) is 1. The normalized spacial score (nSPS) is 20.9. The topological polar surface area (TPSA) is 38.3 Å². The molecule has 1 rings (SSSR count). The minimum absolute atomic E-state index is 0.189. The fraction of sp³-hybridized carbons (Fsp3) is 0.875. The van der Waals surface area contributed by atoms with Crippen molar-refractivity contribution in [2.45, 2.75) is 13.8 Å². The van der Waals surface area contributed by atoms with Gasteiger partial charge in [-0.1, -0.05) is 6.92 Å². The van der Waals surface area contributed by atoms with Crippen LogP contribution in [0.25, 0.3) is 0 Å². The van der Waals surface area contributed by atoms with Gasteiger partial charge in [-0.25, -0.2) is 0 Å². The first kappa shape index (κ1) is 8.68. The number of hydrogen-bond donors (Lipinski definition) is 1. The molecule has 1 fully saturated rings.